The first-order valence-corrected chi connectivity index (χ1v) is 9.97. The third-order valence-corrected chi connectivity index (χ3v) is 6.64. The number of nitroso groups, excluding NO2 is 1. The third kappa shape index (κ3) is 6.37. The summed E-state index contributed by atoms with van der Waals surface area (Å²) in [6, 6.07) is 0.824. The molecule has 6 nitrogen and oxygen atoms in total. The van der Waals surface area contributed by atoms with Crippen LogP contribution in [0.3, 0.4) is 0 Å². The molecule has 0 aromatic rings. The summed E-state index contributed by atoms with van der Waals surface area (Å²) in [6.07, 6.45) is 13.6. The number of rotatable bonds is 6. The number of hydrogen-bond donors (Lipinski definition) is 2. The zero-order valence-corrected chi connectivity index (χ0v) is 17.2. The zero-order chi connectivity index (χ0) is 16.8. The van der Waals surface area contributed by atoms with Crippen LogP contribution in [-0.2, 0) is 4.84 Å². The van der Waals surface area contributed by atoms with E-state index in [1.807, 2.05) is 0 Å². The van der Waals surface area contributed by atoms with Crippen LogP contribution in [0.1, 0.15) is 77.0 Å². The molecular weight excluding hydrogens is 433 g/mol. The van der Waals surface area contributed by atoms with E-state index in [9.17, 15) is 10.1 Å². The van der Waals surface area contributed by atoms with Crippen molar-refractivity contribution in [2.45, 2.75) is 101 Å². The molecule has 0 spiro atoms. The van der Waals surface area contributed by atoms with E-state index < -0.39 is 0 Å². The van der Waals surface area contributed by atoms with E-state index in [1.54, 1.807) is 0 Å². The van der Waals surface area contributed by atoms with Gasteiger partial charge in [0.05, 0.1) is 18.2 Å². The Hall–Kier alpha value is 0.170. The van der Waals surface area contributed by atoms with Crippen LogP contribution in [0.15, 0.2) is 5.18 Å². The van der Waals surface area contributed by atoms with Gasteiger partial charge in [0.2, 0.25) is 0 Å². The lowest BCUT2D eigenvalue weighted by molar-refractivity contribution is -0.631. The van der Waals surface area contributed by atoms with Crippen LogP contribution in [0.4, 0.5) is 0 Å². The van der Waals surface area contributed by atoms with Crippen molar-refractivity contribution in [3.05, 3.63) is 10.1 Å². The molecule has 0 bridgehead atoms. The van der Waals surface area contributed by atoms with Gasteiger partial charge in [-0.1, -0.05) is 5.18 Å². The molecule has 3 fully saturated rings. The number of nitrogens with two attached hydrogens (primary N) is 1. The number of hydroxylamine groups is 2. The van der Waals surface area contributed by atoms with Crippen molar-refractivity contribution in [3.8, 4) is 0 Å². The molecule has 3 aliphatic carbocycles. The van der Waals surface area contributed by atoms with Crippen molar-refractivity contribution in [1.29, 1.82) is 0 Å². The van der Waals surface area contributed by atoms with Gasteiger partial charge in [-0.3, -0.25) is 4.84 Å². The molecule has 3 rings (SSSR count). The average molecular weight is 466 g/mol. The molecular formula is C18H33IN3O3-. The molecule has 3 N–H and O–H groups in total. The van der Waals surface area contributed by atoms with Crippen LogP contribution >= 0.6 is 0 Å². The Kier molecular flexibility index (Phi) is 9.54. The minimum absolute atomic E-state index is 0. The Labute approximate surface area is 168 Å². The molecule has 0 radical (unpaired) electrons. The van der Waals surface area contributed by atoms with Crippen LogP contribution in [0.5, 0.6) is 0 Å². The molecule has 0 heterocycles. The Morgan fingerprint density at radius 3 is 1.92 bits per heavy atom. The molecule has 7 heteroatoms. The molecule has 3 aliphatic rings. The average Bonchev–Trinajstić information content (AvgIpc) is 2.67. The normalized spacial score (nSPS) is 39.4. The van der Waals surface area contributed by atoms with Crippen molar-refractivity contribution in [2.75, 3.05) is 0 Å². The molecule has 0 aliphatic heterocycles. The standard InChI is InChI=1S/C18H33N3O3.HI/c22-19-15-5-1-13(2-6-15)14-3-7-17(8-4-14)21-24-18-11-9-16(20-23)10-12-18;/h13-18,21H,1-12,20H2;1H/p-1. The van der Waals surface area contributed by atoms with Crippen molar-refractivity contribution >= 4 is 0 Å². The zero-order valence-electron chi connectivity index (χ0n) is 15.1. The highest BCUT2D eigenvalue weighted by atomic mass is 127. The maximum Gasteiger partial charge on any atom is 0.0920 e. The van der Waals surface area contributed by atoms with Gasteiger partial charge in [-0.2, -0.15) is 10.4 Å². The fourth-order valence-electron chi connectivity index (χ4n) is 4.92. The van der Waals surface area contributed by atoms with Crippen molar-refractivity contribution in [3.63, 3.8) is 0 Å². The maximum absolute atomic E-state index is 10.8. The molecule has 0 aromatic carbocycles. The van der Waals surface area contributed by atoms with Gasteiger partial charge < -0.3 is 34.7 Å². The molecule has 146 valence electrons. The van der Waals surface area contributed by atoms with Gasteiger partial charge in [0.1, 0.15) is 0 Å². The number of nitrogens with zero attached hydrogens (tertiary/aromatic N) is 1. The van der Waals surface area contributed by atoms with Crippen molar-refractivity contribution in [2.24, 2.45) is 17.0 Å². The van der Waals surface area contributed by atoms with Gasteiger partial charge >= 0.3 is 0 Å². The molecule has 0 atom stereocenters. The maximum atomic E-state index is 10.8. The topological polar surface area (TPSA) is 90.4 Å². The molecule has 0 aromatic heterocycles. The fraction of sp³-hybridized carbons (Fsp3) is 1.00. The molecule has 0 saturated heterocycles. The van der Waals surface area contributed by atoms with Gasteiger partial charge in [-0.05, 0) is 76.0 Å². The predicted octanol–water partition coefficient (Wildman–Crippen LogP) is -0.232. The quantitative estimate of drug-likeness (QED) is 0.322. The lowest BCUT2D eigenvalue weighted by Crippen LogP contribution is -3.00. The van der Waals surface area contributed by atoms with Gasteiger partial charge in [-0.15, -0.1) is 0 Å². The Morgan fingerprint density at radius 2 is 1.40 bits per heavy atom. The highest BCUT2D eigenvalue weighted by molar-refractivity contribution is 4.85. The predicted molar refractivity (Wildman–Crippen MR) is 92.8 cm³/mol. The molecule has 0 amide bonds. The fourth-order valence-corrected chi connectivity index (χ4v) is 4.92. The molecule has 0 unspecified atom stereocenters. The summed E-state index contributed by atoms with van der Waals surface area (Å²) in [5, 5.41) is 14.0. The monoisotopic (exact) mass is 466 g/mol. The van der Waals surface area contributed by atoms with Crippen LogP contribution < -0.4 is 34.9 Å². The minimum atomic E-state index is 0. The summed E-state index contributed by atoms with van der Waals surface area (Å²) in [7, 11) is 0. The summed E-state index contributed by atoms with van der Waals surface area (Å²) in [6.45, 7) is 0. The first kappa shape index (κ1) is 21.5. The number of halogens is 1. The van der Waals surface area contributed by atoms with Crippen LogP contribution in [0.2, 0.25) is 0 Å². The van der Waals surface area contributed by atoms with E-state index in [-0.39, 0.29) is 42.2 Å². The second-order valence-corrected chi connectivity index (χ2v) is 8.19. The van der Waals surface area contributed by atoms with Crippen LogP contribution in [-0.4, -0.2) is 24.2 Å². The van der Waals surface area contributed by atoms with Gasteiger partial charge in [-0.25, -0.2) is 0 Å². The Morgan fingerprint density at radius 1 is 0.840 bits per heavy atom. The van der Waals surface area contributed by atoms with Gasteiger partial charge in [0, 0.05) is 18.9 Å². The lowest BCUT2D eigenvalue weighted by atomic mass is 9.72. The van der Waals surface area contributed by atoms with E-state index in [2.05, 4.69) is 10.7 Å². The third-order valence-electron chi connectivity index (χ3n) is 6.64. The van der Waals surface area contributed by atoms with Gasteiger partial charge in [0.25, 0.3) is 0 Å². The molecule has 3 saturated carbocycles. The summed E-state index contributed by atoms with van der Waals surface area (Å²) >= 11 is 0. The second kappa shape index (κ2) is 11.1. The lowest BCUT2D eigenvalue weighted by Gasteiger charge is -2.37. The smallest absolute Gasteiger partial charge is 0.0920 e. The SMILES string of the molecule is O=NC1CCC(C2CCC(NOC3CCC([NH2+][O-])CC3)CC2)CC1.[I-]. The first-order valence-electron chi connectivity index (χ1n) is 9.97. The van der Waals surface area contributed by atoms with Crippen LogP contribution in [0, 0.1) is 22.0 Å². The van der Waals surface area contributed by atoms with Crippen LogP contribution in [0.25, 0.3) is 0 Å². The van der Waals surface area contributed by atoms with Crippen molar-refractivity contribution < 1.29 is 34.3 Å². The highest BCUT2D eigenvalue weighted by Crippen LogP contribution is 2.39. The number of quaternary nitrogens is 1. The summed E-state index contributed by atoms with van der Waals surface area (Å²) in [5.41, 5.74) is 4.42. The van der Waals surface area contributed by atoms with E-state index in [0.29, 0.717) is 6.04 Å². The summed E-state index contributed by atoms with van der Waals surface area (Å²) in [4.78, 5) is 16.5. The number of nitrogens with one attached hydrogen (secondary N) is 1. The van der Waals surface area contributed by atoms with Crippen molar-refractivity contribution in [1.82, 2.24) is 5.48 Å². The first-order chi connectivity index (χ1) is 11.8. The number of hydrogen-bond acceptors (Lipinski definition) is 5. The highest BCUT2D eigenvalue weighted by Gasteiger charge is 2.31. The van der Waals surface area contributed by atoms with Gasteiger partial charge in [0.15, 0.2) is 0 Å². The summed E-state index contributed by atoms with van der Waals surface area (Å²) in [5.74, 6) is 1.64. The molecule has 25 heavy (non-hydrogen) atoms. The summed E-state index contributed by atoms with van der Waals surface area (Å²) < 4.78 is 0. The van der Waals surface area contributed by atoms with E-state index >= 15 is 0 Å². The van der Waals surface area contributed by atoms with E-state index in [4.69, 9.17) is 4.84 Å². The van der Waals surface area contributed by atoms with E-state index in [0.717, 1.165) is 55.8 Å². The van der Waals surface area contributed by atoms with E-state index in [1.165, 1.54) is 38.5 Å². The minimum Gasteiger partial charge on any atom is -1.00 e. The Bertz CT molecular complexity index is 378. The second-order valence-electron chi connectivity index (χ2n) is 8.19. The Balaban J connectivity index is 0.00000225. The largest absolute Gasteiger partial charge is 1.00 e.